The molecular weight excluding hydrogens is 1250 g/mol. The monoisotopic (exact) mass is 1400 g/mol. The number of amides is 1. The van der Waals surface area contributed by atoms with Crippen molar-refractivity contribution in [2.75, 3.05) is 26.4 Å². The number of hydrogen-bond donors (Lipinski definition) is 12. The Morgan fingerprint density at radius 3 is 1.08 bits per heavy atom. The largest absolute Gasteiger partial charge is 0.394 e. The van der Waals surface area contributed by atoms with Crippen LogP contribution in [-0.4, -0.2) is 193 Å². The first-order valence-electron chi connectivity index (χ1n) is 39.9. The van der Waals surface area contributed by atoms with E-state index in [0.29, 0.717) is 12.8 Å². The van der Waals surface area contributed by atoms with Crippen LogP contribution in [0.25, 0.3) is 0 Å². The summed E-state index contributed by atoms with van der Waals surface area (Å²) in [4.78, 5) is 13.5. The highest BCUT2D eigenvalue weighted by Crippen LogP contribution is 2.33. The number of ether oxygens (including phenoxy) is 6. The van der Waals surface area contributed by atoms with Gasteiger partial charge in [-0.05, 0) is 64.2 Å². The van der Waals surface area contributed by atoms with E-state index in [4.69, 9.17) is 28.4 Å². The van der Waals surface area contributed by atoms with Crippen molar-refractivity contribution in [3.05, 3.63) is 48.6 Å². The van der Waals surface area contributed by atoms with E-state index in [0.717, 1.165) is 44.9 Å². The molecule has 3 saturated heterocycles. The molecule has 3 rings (SSSR count). The number of unbranched alkanes of at least 4 members (excludes halogenated alkanes) is 41. The van der Waals surface area contributed by atoms with E-state index < -0.39 is 124 Å². The van der Waals surface area contributed by atoms with Crippen LogP contribution in [0.3, 0.4) is 0 Å². The van der Waals surface area contributed by atoms with E-state index in [2.05, 4.69) is 55.6 Å². The first-order valence-corrected chi connectivity index (χ1v) is 39.9. The second-order valence-corrected chi connectivity index (χ2v) is 28.5. The number of carbonyl (C=O) groups is 1. The molecule has 0 aromatic heterocycles. The van der Waals surface area contributed by atoms with Gasteiger partial charge >= 0.3 is 0 Å². The minimum atomic E-state index is -1.98. The average molecular weight is 1400 g/mol. The van der Waals surface area contributed by atoms with Gasteiger partial charge in [0.25, 0.3) is 0 Å². The van der Waals surface area contributed by atoms with Crippen LogP contribution in [-0.2, 0) is 33.2 Å². The Balaban J connectivity index is 1.40. The molecular formula is C79H145NO18. The van der Waals surface area contributed by atoms with Crippen molar-refractivity contribution in [1.29, 1.82) is 0 Å². The number of rotatable bonds is 63. The van der Waals surface area contributed by atoms with Gasteiger partial charge in [0.2, 0.25) is 5.91 Å². The molecule has 574 valence electrons. The zero-order chi connectivity index (χ0) is 71.1. The van der Waals surface area contributed by atoms with Crippen LogP contribution in [0.4, 0.5) is 0 Å². The summed E-state index contributed by atoms with van der Waals surface area (Å²) in [7, 11) is 0. The highest BCUT2D eigenvalue weighted by atomic mass is 16.8. The Morgan fingerprint density at radius 2 is 0.684 bits per heavy atom. The fraction of sp³-hybridized carbons (Fsp3) is 0.886. The van der Waals surface area contributed by atoms with Crippen molar-refractivity contribution in [2.24, 2.45) is 0 Å². The predicted molar refractivity (Wildman–Crippen MR) is 388 cm³/mol. The number of aliphatic hydroxyl groups excluding tert-OH is 11. The Labute approximate surface area is 593 Å². The standard InChI is InChI=1S/C79H145NO18/c1-3-5-7-9-11-13-15-17-19-21-23-25-27-29-31-33-35-37-39-41-43-45-47-49-51-53-55-57-67(85)80-62(63(84)56-54-52-50-48-46-44-42-40-38-36-34-32-30-28-26-24-22-20-18-16-14-12-10-8-6-4-2)61-93-77-73(91)70(88)75(65(59-82)95-77)98-79-74(92)71(89)76(66(60-83)96-79)97-78-72(90)69(87)68(86)64(58-81)94-78/h15,17,21,23,46,48,54,56,62-66,68-79,81-84,86-92H,3-14,16,18-20,22,24-45,47,49-53,55,57-61H2,1-2H3,(H,80,85)/b17-15-,23-21-,48-46+,56-54+. The van der Waals surface area contributed by atoms with Crippen molar-refractivity contribution < 1.29 is 89.4 Å². The lowest BCUT2D eigenvalue weighted by molar-refractivity contribution is -0.379. The molecule has 0 bridgehead atoms. The van der Waals surface area contributed by atoms with Gasteiger partial charge in [0.15, 0.2) is 18.9 Å². The summed E-state index contributed by atoms with van der Waals surface area (Å²) in [5.41, 5.74) is 0. The van der Waals surface area contributed by atoms with Gasteiger partial charge in [-0.3, -0.25) is 4.79 Å². The maximum atomic E-state index is 13.5. The van der Waals surface area contributed by atoms with Gasteiger partial charge in [0.1, 0.15) is 73.2 Å². The van der Waals surface area contributed by atoms with Crippen molar-refractivity contribution in [3.63, 3.8) is 0 Å². The number of allylic oxidation sites excluding steroid dienone is 7. The second kappa shape index (κ2) is 60.1. The first kappa shape index (κ1) is 90.0. The molecule has 0 saturated carbocycles. The Kier molecular flexibility index (Phi) is 55.1. The number of hydrogen-bond acceptors (Lipinski definition) is 18. The molecule has 3 heterocycles. The van der Waals surface area contributed by atoms with E-state index in [-0.39, 0.29) is 18.9 Å². The third-order valence-electron chi connectivity index (χ3n) is 19.8. The zero-order valence-electron chi connectivity index (χ0n) is 61.3. The molecule has 1 amide bonds. The van der Waals surface area contributed by atoms with Crippen molar-refractivity contribution in [3.8, 4) is 0 Å². The SMILES string of the molecule is CCCCCCC/C=C\C/C=C\CCCCCCCCCCCCCCCCCC(=O)NC(COC1OC(CO)C(OC2OC(CO)C(OC3OC(CO)C(O)C(O)C3O)C(O)C2O)C(O)C1O)C(O)/C=C/CC/C=C/CCCCCCCCCCCCCCCCCCCCCC. The molecule has 19 heteroatoms. The van der Waals surface area contributed by atoms with Gasteiger partial charge in [0, 0.05) is 6.42 Å². The van der Waals surface area contributed by atoms with E-state index >= 15 is 0 Å². The normalized spacial score (nSPS) is 27.0. The molecule has 3 aliphatic rings. The first-order chi connectivity index (χ1) is 47.8. The Morgan fingerprint density at radius 1 is 0.367 bits per heavy atom. The van der Waals surface area contributed by atoms with Crippen molar-refractivity contribution >= 4 is 5.91 Å². The fourth-order valence-electron chi connectivity index (χ4n) is 13.4. The minimum Gasteiger partial charge on any atom is -0.394 e. The van der Waals surface area contributed by atoms with Gasteiger partial charge in [-0.2, -0.15) is 0 Å². The molecule has 0 aliphatic carbocycles. The van der Waals surface area contributed by atoms with Crippen LogP contribution in [0.15, 0.2) is 48.6 Å². The lowest BCUT2D eigenvalue weighted by Gasteiger charge is -2.48. The molecule has 12 N–H and O–H groups in total. The number of nitrogens with one attached hydrogen (secondary N) is 1. The topological polar surface area (TPSA) is 307 Å². The molecule has 0 aromatic rings. The van der Waals surface area contributed by atoms with Gasteiger partial charge in [0.05, 0.1) is 38.6 Å². The smallest absolute Gasteiger partial charge is 0.220 e. The van der Waals surface area contributed by atoms with Crippen LogP contribution in [0.5, 0.6) is 0 Å². The molecule has 0 radical (unpaired) electrons. The van der Waals surface area contributed by atoms with Gasteiger partial charge in [-0.1, -0.05) is 294 Å². The molecule has 98 heavy (non-hydrogen) atoms. The minimum absolute atomic E-state index is 0.236. The lowest BCUT2D eigenvalue weighted by atomic mass is 9.96. The summed E-state index contributed by atoms with van der Waals surface area (Å²) in [6.07, 6.45) is 48.1. The van der Waals surface area contributed by atoms with E-state index in [1.54, 1.807) is 6.08 Å². The summed E-state index contributed by atoms with van der Waals surface area (Å²) >= 11 is 0. The number of carbonyl (C=O) groups excluding carboxylic acids is 1. The molecule has 19 nitrogen and oxygen atoms in total. The van der Waals surface area contributed by atoms with Crippen LogP contribution >= 0.6 is 0 Å². The van der Waals surface area contributed by atoms with Gasteiger partial charge in [-0.25, -0.2) is 0 Å². The molecule has 17 atom stereocenters. The van der Waals surface area contributed by atoms with Crippen LogP contribution in [0.2, 0.25) is 0 Å². The zero-order valence-corrected chi connectivity index (χ0v) is 61.3. The highest BCUT2D eigenvalue weighted by molar-refractivity contribution is 5.76. The second-order valence-electron chi connectivity index (χ2n) is 28.5. The summed E-state index contributed by atoms with van der Waals surface area (Å²) in [6, 6.07) is -0.992. The van der Waals surface area contributed by atoms with Crippen molar-refractivity contribution in [2.45, 2.75) is 420 Å². The maximum absolute atomic E-state index is 13.5. The maximum Gasteiger partial charge on any atom is 0.220 e. The van der Waals surface area contributed by atoms with E-state index in [1.165, 1.54) is 238 Å². The van der Waals surface area contributed by atoms with Gasteiger partial charge in [-0.15, -0.1) is 0 Å². The quantitative estimate of drug-likeness (QED) is 0.0199. The summed E-state index contributed by atoms with van der Waals surface area (Å²) in [5.74, 6) is -0.282. The summed E-state index contributed by atoms with van der Waals surface area (Å²) < 4.78 is 34.4. The van der Waals surface area contributed by atoms with E-state index in [1.807, 2.05) is 6.08 Å². The van der Waals surface area contributed by atoms with Crippen LogP contribution < -0.4 is 5.32 Å². The summed E-state index contributed by atoms with van der Waals surface area (Å²) in [5, 5.41) is 121. The molecule has 0 aromatic carbocycles. The average Bonchev–Trinajstić information content (AvgIpc) is 0.785. The molecule has 3 aliphatic heterocycles. The molecule has 0 spiro atoms. The predicted octanol–water partition coefficient (Wildman–Crippen LogP) is 12.9. The highest BCUT2D eigenvalue weighted by Gasteiger charge is 2.54. The summed E-state index contributed by atoms with van der Waals surface area (Å²) in [6.45, 7) is 1.75. The molecule has 17 unspecified atom stereocenters. The fourth-order valence-corrected chi connectivity index (χ4v) is 13.4. The Bertz CT molecular complexity index is 1960. The Hall–Kier alpha value is -2.25. The van der Waals surface area contributed by atoms with Crippen molar-refractivity contribution in [1.82, 2.24) is 5.32 Å². The lowest BCUT2D eigenvalue weighted by Crippen LogP contribution is -2.66. The number of aliphatic hydroxyl groups is 11. The van der Waals surface area contributed by atoms with Crippen LogP contribution in [0.1, 0.15) is 316 Å². The van der Waals surface area contributed by atoms with Gasteiger partial charge < -0.3 is 89.9 Å². The van der Waals surface area contributed by atoms with E-state index in [9.17, 15) is 61.0 Å². The molecule has 3 fully saturated rings. The third kappa shape index (κ3) is 40.1. The van der Waals surface area contributed by atoms with Crippen LogP contribution in [0, 0.1) is 0 Å². The third-order valence-corrected chi connectivity index (χ3v) is 19.8.